The van der Waals surface area contributed by atoms with Crippen molar-refractivity contribution in [3.05, 3.63) is 64.7 Å². The molecule has 2 rings (SSSR count). The standard InChI is InChI=1S/C16H16ClNO2/c1-2-19-15-9-7-13(8-10-15)11-18-20-12-14-5-3-4-6-16(14)17/h3-11H,2,12H2,1H3. The summed E-state index contributed by atoms with van der Waals surface area (Å²) < 4.78 is 5.37. The second kappa shape index (κ2) is 7.56. The predicted octanol–water partition coefficient (Wildman–Crippen LogP) is 4.29. The molecule has 0 aliphatic carbocycles. The van der Waals surface area contributed by atoms with Crippen LogP contribution in [0.25, 0.3) is 0 Å². The topological polar surface area (TPSA) is 30.8 Å². The SMILES string of the molecule is CCOc1ccc(C=NOCc2ccccc2Cl)cc1. The number of rotatable bonds is 6. The van der Waals surface area contributed by atoms with E-state index in [4.69, 9.17) is 21.2 Å². The molecule has 20 heavy (non-hydrogen) atoms. The molecule has 0 saturated carbocycles. The van der Waals surface area contributed by atoms with Gasteiger partial charge in [-0.25, -0.2) is 0 Å². The van der Waals surface area contributed by atoms with Crippen molar-refractivity contribution in [2.45, 2.75) is 13.5 Å². The maximum atomic E-state index is 6.02. The Morgan fingerprint density at radius 3 is 2.55 bits per heavy atom. The van der Waals surface area contributed by atoms with E-state index in [0.717, 1.165) is 16.9 Å². The van der Waals surface area contributed by atoms with E-state index in [2.05, 4.69) is 5.16 Å². The maximum Gasteiger partial charge on any atom is 0.143 e. The molecule has 0 atom stereocenters. The molecule has 0 fully saturated rings. The van der Waals surface area contributed by atoms with Gasteiger partial charge in [0, 0.05) is 10.6 Å². The zero-order chi connectivity index (χ0) is 14.2. The van der Waals surface area contributed by atoms with E-state index in [1.807, 2.05) is 55.5 Å². The molecular weight excluding hydrogens is 274 g/mol. The molecule has 0 saturated heterocycles. The Balaban J connectivity index is 1.86. The molecule has 2 aromatic rings. The van der Waals surface area contributed by atoms with Gasteiger partial charge in [-0.15, -0.1) is 0 Å². The van der Waals surface area contributed by atoms with Crippen LogP contribution in [-0.4, -0.2) is 12.8 Å². The minimum absolute atomic E-state index is 0.354. The number of hydrogen-bond acceptors (Lipinski definition) is 3. The molecule has 104 valence electrons. The van der Waals surface area contributed by atoms with Crippen LogP contribution in [0, 0.1) is 0 Å². The van der Waals surface area contributed by atoms with Gasteiger partial charge in [-0.1, -0.05) is 35.0 Å². The van der Waals surface area contributed by atoms with Crippen LogP contribution in [0.2, 0.25) is 5.02 Å². The van der Waals surface area contributed by atoms with Gasteiger partial charge in [0.25, 0.3) is 0 Å². The van der Waals surface area contributed by atoms with Crippen LogP contribution in [0.1, 0.15) is 18.1 Å². The van der Waals surface area contributed by atoms with E-state index < -0.39 is 0 Å². The minimum Gasteiger partial charge on any atom is -0.494 e. The fraction of sp³-hybridized carbons (Fsp3) is 0.188. The van der Waals surface area contributed by atoms with Gasteiger partial charge in [-0.3, -0.25) is 0 Å². The van der Waals surface area contributed by atoms with E-state index in [9.17, 15) is 0 Å². The van der Waals surface area contributed by atoms with Gasteiger partial charge < -0.3 is 9.57 Å². The third-order valence-electron chi connectivity index (χ3n) is 2.65. The fourth-order valence-electron chi connectivity index (χ4n) is 1.64. The molecule has 0 amide bonds. The molecular formula is C16H16ClNO2. The molecule has 4 heteroatoms. The number of nitrogens with zero attached hydrogens (tertiary/aromatic N) is 1. The van der Waals surface area contributed by atoms with Crippen LogP contribution < -0.4 is 4.74 Å². The maximum absolute atomic E-state index is 6.02. The smallest absolute Gasteiger partial charge is 0.143 e. The van der Waals surface area contributed by atoms with Crippen LogP contribution in [0.4, 0.5) is 0 Å². The summed E-state index contributed by atoms with van der Waals surface area (Å²) in [6.45, 7) is 2.97. The fourth-order valence-corrected chi connectivity index (χ4v) is 1.83. The lowest BCUT2D eigenvalue weighted by Gasteiger charge is -2.03. The Hall–Kier alpha value is -2.00. The lowest BCUT2D eigenvalue weighted by molar-refractivity contribution is 0.132. The van der Waals surface area contributed by atoms with E-state index in [1.165, 1.54) is 0 Å². The monoisotopic (exact) mass is 289 g/mol. The number of benzene rings is 2. The molecule has 0 aromatic heterocycles. The summed E-state index contributed by atoms with van der Waals surface area (Å²) in [5.41, 5.74) is 1.87. The van der Waals surface area contributed by atoms with Gasteiger partial charge in [0.2, 0.25) is 0 Å². The Labute approximate surface area is 123 Å². The average Bonchev–Trinajstić information content (AvgIpc) is 2.47. The van der Waals surface area contributed by atoms with Crippen LogP contribution in [0.3, 0.4) is 0 Å². The number of oxime groups is 1. The van der Waals surface area contributed by atoms with Crippen molar-refractivity contribution in [2.24, 2.45) is 5.16 Å². The third kappa shape index (κ3) is 4.28. The highest BCUT2D eigenvalue weighted by atomic mass is 35.5. The third-order valence-corrected chi connectivity index (χ3v) is 3.01. The first kappa shape index (κ1) is 14.4. The van der Waals surface area contributed by atoms with Gasteiger partial charge >= 0.3 is 0 Å². The van der Waals surface area contributed by atoms with E-state index in [-0.39, 0.29) is 0 Å². The lowest BCUT2D eigenvalue weighted by Crippen LogP contribution is -1.92. The molecule has 0 aliphatic rings. The van der Waals surface area contributed by atoms with E-state index in [0.29, 0.717) is 18.2 Å². The molecule has 0 radical (unpaired) electrons. The molecule has 0 bridgehead atoms. The zero-order valence-electron chi connectivity index (χ0n) is 11.3. The first-order valence-electron chi connectivity index (χ1n) is 6.41. The van der Waals surface area contributed by atoms with Crippen molar-refractivity contribution in [2.75, 3.05) is 6.61 Å². The summed E-state index contributed by atoms with van der Waals surface area (Å²) in [4.78, 5) is 5.24. The molecule has 3 nitrogen and oxygen atoms in total. The van der Waals surface area contributed by atoms with Crippen LogP contribution in [-0.2, 0) is 11.4 Å². The Bertz CT molecular complexity index is 567. The van der Waals surface area contributed by atoms with Crippen molar-refractivity contribution in [3.63, 3.8) is 0 Å². The number of hydrogen-bond donors (Lipinski definition) is 0. The summed E-state index contributed by atoms with van der Waals surface area (Å²) in [7, 11) is 0. The highest BCUT2D eigenvalue weighted by Crippen LogP contribution is 2.15. The first-order valence-corrected chi connectivity index (χ1v) is 6.79. The highest BCUT2D eigenvalue weighted by molar-refractivity contribution is 6.31. The summed E-state index contributed by atoms with van der Waals surface area (Å²) in [5, 5.41) is 4.61. The predicted molar refractivity (Wildman–Crippen MR) is 81.4 cm³/mol. The normalized spacial score (nSPS) is 10.7. The second-order valence-corrected chi connectivity index (χ2v) is 4.51. The minimum atomic E-state index is 0.354. The van der Waals surface area contributed by atoms with Crippen molar-refractivity contribution in [1.82, 2.24) is 0 Å². The van der Waals surface area contributed by atoms with E-state index in [1.54, 1.807) is 6.21 Å². The Kier molecular flexibility index (Phi) is 5.44. The van der Waals surface area contributed by atoms with Crippen molar-refractivity contribution in [3.8, 4) is 5.75 Å². The second-order valence-electron chi connectivity index (χ2n) is 4.10. The largest absolute Gasteiger partial charge is 0.494 e. The molecule has 0 spiro atoms. The number of halogens is 1. The quantitative estimate of drug-likeness (QED) is 0.587. The first-order chi connectivity index (χ1) is 9.79. The highest BCUT2D eigenvalue weighted by Gasteiger charge is 1.98. The molecule has 0 N–H and O–H groups in total. The summed E-state index contributed by atoms with van der Waals surface area (Å²) in [6.07, 6.45) is 1.66. The molecule has 0 heterocycles. The van der Waals surface area contributed by atoms with Crippen LogP contribution >= 0.6 is 11.6 Å². The van der Waals surface area contributed by atoms with Gasteiger partial charge in [0.15, 0.2) is 0 Å². The number of ether oxygens (including phenoxy) is 1. The van der Waals surface area contributed by atoms with Crippen LogP contribution in [0.5, 0.6) is 5.75 Å². The van der Waals surface area contributed by atoms with Crippen molar-refractivity contribution in [1.29, 1.82) is 0 Å². The molecule has 0 aliphatic heterocycles. The molecule has 2 aromatic carbocycles. The van der Waals surface area contributed by atoms with Gasteiger partial charge in [0.1, 0.15) is 12.4 Å². The van der Waals surface area contributed by atoms with E-state index >= 15 is 0 Å². The Morgan fingerprint density at radius 1 is 1.10 bits per heavy atom. The van der Waals surface area contributed by atoms with Gasteiger partial charge in [0.05, 0.1) is 12.8 Å². The molecule has 0 unspecified atom stereocenters. The lowest BCUT2D eigenvalue weighted by atomic mass is 10.2. The summed E-state index contributed by atoms with van der Waals surface area (Å²) >= 11 is 6.02. The van der Waals surface area contributed by atoms with Gasteiger partial charge in [-0.2, -0.15) is 0 Å². The van der Waals surface area contributed by atoms with Crippen molar-refractivity contribution < 1.29 is 9.57 Å². The summed E-state index contributed by atoms with van der Waals surface area (Å²) in [6, 6.07) is 15.2. The van der Waals surface area contributed by atoms with Crippen molar-refractivity contribution >= 4 is 17.8 Å². The average molecular weight is 290 g/mol. The summed E-state index contributed by atoms with van der Waals surface area (Å²) in [5.74, 6) is 0.849. The Morgan fingerprint density at radius 2 is 1.85 bits per heavy atom. The zero-order valence-corrected chi connectivity index (χ0v) is 12.0. The van der Waals surface area contributed by atoms with Crippen LogP contribution in [0.15, 0.2) is 53.7 Å². The van der Waals surface area contributed by atoms with Gasteiger partial charge in [-0.05, 0) is 42.8 Å².